The van der Waals surface area contributed by atoms with Crippen molar-refractivity contribution in [3.63, 3.8) is 0 Å². The van der Waals surface area contributed by atoms with Gasteiger partial charge in [0, 0.05) is 43.7 Å². The molecule has 0 aliphatic carbocycles. The van der Waals surface area contributed by atoms with Gasteiger partial charge < -0.3 is 9.80 Å². The largest absolute Gasteiger partial charge is 0.371 e. The summed E-state index contributed by atoms with van der Waals surface area (Å²) in [6.45, 7) is 2.82. The molecular formula is C17H24N2O3S. The number of carbonyl (C=O) groups excluding carboxylic acids is 1. The summed E-state index contributed by atoms with van der Waals surface area (Å²) in [5.74, 6) is -0.168. The van der Waals surface area contributed by atoms with E-state index in [1.165, 1.54) is 30.3 Å². The van der Waals surface area contributed by atoms with Gasteiger partial charge in [-0.1, -0.05) is 6.07 Å². The zero-order valence-electron chi connectivity index (χ0n) is 13.6. The average molecular weight is 336 g/mol. The molecule has 5 nitrogen and oxygen atoms in total. The third-order valence-electron chi connectivity index (χ3n) is 4.65. The fourth-order valence-corrected chi connectivity index (χ4v) is 3.95. The molecule has 0 N–H and O–H groups in total. The van der Waals surface area contributed by atoms with E-state index in [-0.39, 0.29) is 18.1 Å². The molecule has 0 aromatic heterocycles. The van der Waals surface area contributed by atoms with Gasteiger partial charge in [0.1, 0.15) is 9.84 Å². The van der Waals surface area contributed by atoms with Crippen LogP contribution in [0.4, 0.5) is 11.4 Å². The first-order chi connectivity index (χ1) is 10.9. The Bertz CT molecular complexity index is 694. The minimum Gasteiger partial charge on any atom is -0.371 e. The van der Waals surface area contributed by atoms with E-state index in [1.807, 2.05) is 0 Å². The van der Waals surface area contributed by atoms with E-state index in [1.54, 1.807) is 4.90 Å². The topological polar surface area (TPSA) is 57.7 Å². The number of sulfone groups is 1. The first-order valence-electron chi connectivity index (χ1n) is 8.30. The predicted molar refractivity (Wildman–Crippen MR) is 92.9 cm³/mol. The maximum absolute atomic E-state index is 12.5. The van der Waals surface area contributed by atoms with Crippen molar-refractivity contribution in [2.24, 2.45) is 0 Å². The lowest BCUT2D eigenvalue weighted by atomic mass is 10.0. The summed E-state index contributed by atoms with van der Waals surface area (Å²) in [5, 5.41) is 0. The van der Waals surface area contributed by atoms with Gasteiger partial charge in [-0.15, -0.1) is 0 Å². The monoisotopic (exact) mass is 336 g/mol. The van der Waals surface area contributed by atoms with Crippen LogP contribution in [-0.4, -0.2) is 46.0 Å². The van der Waals surface area contributed by atoms with Gasteiger partial charge in [0.05, 0.1) is 5.75 Å². The number of hydrogen-bond donors (Lipinski definition) is 0. The lowest BCUT2D eigenvalue weighted by molar-refractivity contribution is -0.118. The summed E-state index contributed by atoms with van der Waals surface area (Å²) in [6.07, 6.45) is 5.58. The highest BCUT2D eigenvalue weighted by molar-refractivity contribution is 7.90. The van der Waals surface area contributed by atoms with Crippen molar-refractivity contribution < 1.29 is 13.2 Å². The average Bonchev–Trinajstić information content (AvgIpc) is 3.05. The van der Waals surface area contributed by atoms with Crippen LogP contribution in [0.15, 0.2) is 18.2 Å². The molecule has 0 saturated carbocycles. The first-order valence-corrected chi connectivity index (χ1v) is 10.4. The van der Waals surface area contributed by atoms with Crippen LogP contribution in [0.3, 0.4) is 0 Å². The highest BCUT2D eigenvalue weighted by Crippen LogP contribution is 2.33. The SMILES string of the molecule is CS(=O)(=O)CCC(=O)N1CCCc2ccc(N3CCCC3)cc21. The van der Waals surface area contributed by atoms with Gasteiger partial charge in [-0.25, -0.2) is 8.42 Å². The maximum Gasteiger partial charge on any atom is 0.228 e. The molecule has 6 heteroatoms. The van der Waals surface area contributed by atoms with Crippen LogP contribution in [0.25, 0.3) is 0 Å². The second-order valence-corrected chi connectivity index (χ2v) is 8.80. The smallest absolute Gasteiger partial charge is 0.228 e. The van der Waals surface area contributed by atoms with E-state index < -0.39 is 9.84 Å². The van der Waals surface area contributed by atoms with Gasteiger partial charge in [-0.3, -0.25) is 4.79 Å². The van der Waals surface area contributed by atoms with Crippen LogP contribution in [0.5, 0.6) is 0 Å². The molecule has 3 rings (SSSR count). The van der Waals surface area contributed by atoms with Crippen molar-refractivity contribution >= 4 is 27.1 Å². The molecule has 23 heavy (non-hydrogen) atoms. The van der Waals surface area contributed by atoms with E-state index in [2.05, 4.69) is 23.1 Å². The van der Waals surface area contributed by atoms with E-state index in [4.69, 9.17) is 0 Å². The minimum absolute atomic E-state index is 0.0617. The number of hydrogen-bond acceptors (Lipinski definition) is 4. The summed E-state index contributed by atoms with van der Waals surface area (Å²) >= 11 is 0. The number of benzene rings is 1. The molecule has 2 heterocycles. The lowest BCUT2D eigenvalue weighted by Gasteiger charge is -2.31. The Morgan fingerprint density at radius 1 is 1.13 bits per heavy atom. The molecule has 0 spiro atoms. The molecule has 1 saturated heterocycles. The van der Waals surface area contributed by atoms with Gasteiger partial charge in [-0.05, 0) is 43.4 Å². The summed E-state index contributed by atoms with van der Waals surface area (Å²) in [6, 6.07) is 6.38. The van der Waals surface area contributed by atoms with Crippen LogP contribution in [-0.2, 0) is 21.1 Å². The Morgan fingerprint density at radius 3 is 2.57 bits per heavy atom. The van der Waals surface area contributed by atoms with Crippen LogP contribution < -0.4 is 9.80 Å². The minimum atomic E-state index is -3.11. The first kappa shape index (κ1) is 16.3. The van der Waals surface area contributed by atoms with Gasteiger partial charge in [-0.2, -0.15) is 0 Å². The van der Waals surface area contributed by atoms with E-state index in [9.17, 15) is 13.2 Å². The third-order valence-corrected chi connectivity index (χ3v) is 5.59. The van der Waals surface area contributed by atoms with E-state index in [0.717, 1.165) is 31.6 Å². The van der Waals surface area contributed by atoms with Crippen LogP contribution in [0.2, 0.25) is 0 Å². The zero-order valence-corrected chi connectivity index (χ0v) is 14.4. The molecular weight excluding hydrogens is 312 g/mol. The highest BCUT2D eigenvalue weighted by Gasteiger charge is 2.24. The Balaban J connectivity index is 1.82. The lowest BCUT2D eigenvalue weighted by Crippen LogP contribution is -2.36. The molecule has 0 unspecified atom stereocenters. The highest BCUT2D eigenvalue weighted by atomic mass is 32.2. The Morgan fingerprint density at radius 2 is 1.87 bits per heavy atom. The Kier molecular flexibility index (Phi) is 4.62. The Labute approximate surface area is 138 Å². The number of nitrogens with zero attached hydrogens (tertiary/aromatic N) is 2. The Hall–Kier alpha value is -1.56. The van der Waals surface area contributed by atoms with Gasteiger partial charge >= 0.3 is 0 Å². The van der Waals surface area contributed by atoms with Gasteiger partial charge in [0.2, 0.25) is 5.91 Å². The number of carbonyl (C=O) groups is 1. The van der Waals surface area contributed by atoms with E-state index >= 15 is 0 Å². The molecule has 2 aliphatic rings. The molecule has 0 atom stereocenters. The molecule has 1 aromatic rings. The molecule has 2 aliphatic heterocycles. The normalized spacial score (nSPS) is 18.1. The summed E-state index contributed by atoms with van der Waals surface area (Å²) in [5.41, 5.74) is 3.33. The maximum atomic E-state index is 12.5. The fraction of sp³-hybridized carbons (Fsp3) is 0.588. The molecule has 1 fully saturated rings. The molecule has 1 aromatic carbocycles. The standard InChI is InChI=1S/C17H24N2O3S/c1-23(21,22)12-8-17(20)19-11-4-5-14-6-7-15(13-16(14)19)18-9-2-3-10-18/h6-7,13H,2-5,8-12H2,1H3. The van der Waals surface area contributed by atoms with Gasteiger partial charge in [0.15, 0.2) is 0 Å². The summed E-state index contributed by atoms with van der Waals surface area (Å²) in [7, 11) is -3.11. The molecule has 0 radical (unpaired) electrons. The van der Waals surface area contributed by atoms with Crippen molar-refractivity contribution in [1.82, 2.24) is 0 Å². The quantitative estimate of drug-likeness (QED) is 0.844. The molecule has 126 valence electrons. The number of amides is 1. The van der Waals surface area contributed by atoms with Crippen molar-refractivity contribution in [3.05, 3.63) is 23.8 Å². The van der Waals surface area contributed by atoms with Crippen molar-refractivity contribution in [1.29, 1.82) is 0 Å². The van der Waals surface area contributed by atoms with Crippen LogP contribution in [0, 0.1) is 0 Å². The summed E-state index contributed by atoms with van der Waals surface area (Å²) in [4.78, 5) is 16.6. The van der Waals surface area contributed by atoms with Crippen molar-refractivity contribution in [3.8, 4) is 0 Å². The van der Waals surface area contributed by atoms with Crippen molar-refractivity contribution in [2.75, 3.05) is 41.4 Å². The second kappa shape index (κ2) is 6.51. The predicted octanol–water partition coefficient (Wildman–Crippen LogP) is 2.00. The summed E-state index contributed by atoms with van der Waals surface area (Å²) < 4.78 is 22.6. The number of rotatable bonds is 4. The van der Waals surface area contributed by atoms with E-state index in [0.29, 0.717) is 6.54 Å². The third kappa shape index (κ3) is 3.86. The second-order valence-electron chi connectivity index (χ2n) is 6.54. The molecule has 0 bridgehead atoms. The number of fused-ring (bicyclic) bond motifs is 1. The van der Waals surface area contributed by atoms with Gasteiger partial charge in [0.25, 0.3) is 0 Å². The number of aryl methyl sites for hydroxylation is 1. The van der Waals surface area contributed by atoms with Crippen LogP contribution >= 0.6 is 0 Å². The fourth-order valence-electron chi connectivity index (χ4n) is 3.40. The number of anilines is 2. The molecule has 1 amide bonds. The van der Waals surface area contributed by atoms with Crippen LogP contribution in [0.1, 0.15) is 31.2 Å². The van der Waals surface area contributed by atoms with Crippen molar-refractivity contribution in [2.45, 2.75) is 32.1 Å². The zero-order chi connectivity index (χ0) is 16.4.